The quantitative estimate of drug-likeness (QED) is 0.500. The third-order valence-corrected chi connectivity index (χ3v) is 3.85. The lowest BCUT2D eigenvalue weighted by atomic mass is 9.87. The Labute approximate surface area is 127 Å². The number of phenolic OH excluding ortho intramolecular Hbond substituents is 2. The molecule has 1 fully saturated rings. The van der Waals surface area contributed by atoms with Crippen LogP contribution in [-0.4, -0.2) is 40.0 Å². The molecule has 0 atom stereocenters. The summed E-state index contributed by atoms with van der Waals surface area (Å²) in [7, 11) is 0. The molecule has 0 saturated heterocycles. The zero-order chi connectivity index (χ0) is 16.1. The number of phenols is 2. The summed E-state index contributed by atoms with van der Waals surface area (Å²) in [4.78, 5) is 22.4. The van der Waals surface area contributed by atoms with Crippen LogP contribution in [0.2, 0.25) is 0 Å². The number of carbonyl (C=O) groups is 2. The molecule has 0 spiro atoms. The second-order valence-corrected chi connectivity index (χ2v) is 5.44. The van der Waals surface area contributed by atoms with E-state index in [0.717, 1.165) is 12.8 Å². The van der Waals surface area contributed by atoms with Crippen LogP contribution in [-0.2, 0) is 4.74 Å². The molecule has 1 aliphatic carbocycles. The first-order chi connectivity index (χ1) is 10.5. The molecule has 0 radical (unpaired) electrons. The summed E-state index contributed by atoms with van der Waals surface area (Å²) >= 11 is 0. The zero-order valence-corrected chi connectivity index (χ0v) is 12.0. The van der Waals surface area contributed by atoms with Gasteiger partial charge in [0.15, 0.2) is 11.5 Å². The van der Waals surface area contributed by atoms with E-state index in [0.29, 0.717) is 19.4 Å². The Morgan fingerprint density at radius 1 is 1.14 bits per heavy atom. The molecule has 1 amide bonds. The third kappa shape index (κ3) is 4.28. The van der Waals surface area contributed by atoms with E-state index >= 15 is 0 Å². The summed E-state index contributed by atoms with van der Waals surface area (Å²) < 4.78 is 4.74. The maximum atomic E-state index is 12.0. The molecule has 2 rings (SSSR count). The molecular weight excluding hydrogens is 290 g/mol. The normalized spacial score (nSPS) is 21.1. The summed E-state index contributed by atoms with van der Waals surface area (Å²) in [5.41, 5.74) is 0.276. The number of ether oxygens (including phenoxy) is 1. The van der Waals surface area contributed by atoms with Gasteiger partial charge in [-0.3, -0.25) is 4.79 Å². The number of benzene rings is 1. The molecule has 0 aliphatic heterocycles. The van der Waals surface area contributed by atoms with E-state index in [4.69, 9.17) is 9.84 Å². The number of aromatic hydroxyl groups is 2. The highest BCUT2D eigenvalue weighted by molar-refractivity contribution is 5.94. The lowest BCUT2D eigenvalue weighted by Crippen LogP contribution is -2.33. The van der Waals surface area contributed by atoms with Gasteiger partial charge in [0.25, 0.3) is 5.91 Å². The molecule has 0 bridgehead atoms. The molecule has 1 aromatic rings. The number of rotatable bonds is 4. The summed E-state index contributed by atoms with van der Waals surface area (Å²) in [6.07, 6.45) is 1.40. The number of carboxylic acid groups (broad SMARTS) is 1. The monoisotopic (exact) mass is 309 g/mol. The van der Waals surface area contributed by atoms with Gasteiger partial charge in [-0.15, -0.1) is 0 Å². The fraction of sp³-hybridized carbons (Fsp3) is 0.467. The van der Waals surface area contributed by atoms with Crippen molar-refractivity contribution in [3.8, 4) is 11.5 Å². The van der Waals surface area contributed by atoms with Crippen molar-refractivity contribution in [2.24, 2.45) is 5.92 Å². The average molecular weight is 309 g/mol. The van der Waals surface area contributed by atoms with Crippen molar-refractivity contribution in [2.75, 3.05) is 6.54 Å². The largest absolute Gasteiger partial charge is 0.506 e. The predicted molar refractivity (Wildman–Crippen MR) is 77.0 cm³/mol. The number of amides is 1. The Morgan fingerprint density at radius 3 is 2.41 bits per heavy atom. The van der Waals surface area contributed by atoms with Gasteiger partial charge in [0, 0.05) is 12.1 Å². The summed E-state index contributed by atoms with van der Waals surface area (Å²) in [6, 6.07) is 3.91. The molecule has 7 nitrogen and oxygen atoms in total. The predicted octanol–water partition coefficient (Wildman–Crippen LogP) is 2.08. The van der Waals surface area contributed by atoms with Gasteiger partial charge >= 0.3 is 6.16 Å². The van der Waals surface area contributed by atoms with Gasteiger partial charge in [-0.25, -0.2) is 4.79 Å². The minimum atomic E-state index is -1.25. The number of nitrogens with one attached hydrogen (secondary N) is 1. The molecule has 0 heterocycles. The maximum Gasteiger partial charge on any atom is 0.506 e. The highest BCUT2D eigenvalue weighted by atomic mass is 16.7. The second kappa shape index (κ2) is 7.02. The van der Waals surface area contributed by atoms with E-state index in [1.165, 1.54) is 18.2 Å². The standard InChI is InChI=1S/C15H19NO6/c17-12-6-3-10(7-13(12)18)14(19)16-8-9-1-4-11(5-2-9)22-15(20)21/h3,6-7,9,11,17-18H,1-2,4-5,8H2,(H,16,19)(H,20,21). The van der Waals surface area contributed by atoms with Crippen LogP contribution in [0.4, 0.5) is 4.79 Å². The van der Waals surface area contributed by atoms with Crippen LogP contribution in [0.3, 0.4) is 0 Å². The Kier molecular flexibility index (Phi) is 5.08. The van der Waals surface area contributed by atoms with Crippen molar-refractivity contribution in [3.63, 3.8) is 0 Å². The van der Waals surface area contributed by atoms with Gasteiger partial charge in [-0.1, -0.05) is 0 Å². The number of hydrogen-bond acceptors (Lipinski definition) is 5. The van der Waals surface area contributed by atoms with Crippen LogP contribution in [0.25, 0.3) is 0 Å². The van der Waals surface area contributed by atoms with Crippen LogP contribution >= 0.6 is 0 Å². The van der Waals surface area contributed by atoms with E-state index in [-0.39, 0.29) is 35.0 Å². The van der Waals surface area contributed by atoms with Crippen molar-refractivity contribution in [2.45, 2.75) is 31.8 Å². The fourth-order valence-electron chi connectivity index (χ4n) is 2.60. The molecule has 0 unspecified atom stereocenters. The lowest BCUT2D eigenvalue weighted by Gasteiger charge is -2.27. The van der Waals surface area contributed by atoms with Crippen LogP contribution in [0, 0.1) is 5.92 Å². The lowest BCUT2D eigenvalue weighted by molar-refractivity contribution is 0.0285. The van der Waals surface area contributed by atoms with Gasteiger partial charge in [-0.2, -0.15) is 0 Å². The van der Waals surface area contributed by atoms with Crippen molar-refractivity contribution in [1.82, 2.24) is 5.32 Å². The van der Waals surface area contributed by atoms with Gasteiger partial charge in [0.05, 0.1) is 0 Å². The Morgan fingerprint density at radius 2 is 1.82 bits per heavy atom. The Balaban J connectivity index is 1.77. The minimum Gasteiger partial charge on any atom is -0.504 e. The third-order valence-electron chi connectivity index (χ3n) is 3.85. The first kappa shape index (κ1) is 15.9. The van der Waals surface area contributed by atoms with E-state index < -0.39 is 6.16 Å². The Bertz CT molecular complexity index is 551. The van der Waals surface area contributed by atoms with E-state index in [1.54, 1.807) is 0 Å². The SMILES string of the molecule is O=C(O)OC1CCC(CNC(=O)c2ccc(O)c(O)c2)CC1. The van der Waals surface area contributed by atoms with Gasteiger partial charge < -0.3 is 25.4 Å². The van der Waals surface area contributed by atoms with Crippen LogP contribution in [0.1, 0.15) is 36.0 Å². The summed E-state index contributed by atoms with van der Waals surface area (Å²) in [5.74, 6) is -0.644. The first-order valence-corrected chi connectivity index (χ1v) is 7.15. The van der Waals surface area contributed by atoms with E-state index in [1.807, 2.05) is 0 Å². The molecule has 7 heteroatoms. The minimum absolute atomic E-state index is 0.251. The van der Waals surface area contributed by atoms with Crippen molar-refractivity contribution < 1.29 is 29.6 Å². The van der Waals surface area contributed by atoms with Crippen molar-refractivity contribution in [1.29, 1.82) is 0 Å². The van der Waals surface area contributed by atoms with Gasteiger partial charge in [0.2, 0.25) is 0 Å². The van der Waals surface area contributed by atoms with Crippen LogP contribution < -0.4 is 5.32 Å². The topological polar surface area (TPSA) is 116 Å². The smallest absolute Gasteiger partial charge is 0.504 e. The van der Waals surface area contributed by atoms with E-state index in [2.05, 4.69) is 5.32 Å². The van der Waals surface area contributed by atoms with Crippen molar-refractivity contribution >= 4 is 12.1 Å². The van der Waals surface area contributed by atoms with Crippen molar-refractivity contribution in [3.05, 3.63) is 23.8 Å². The molecule has 22 heavy (non-hydrogen) atoms. The summed E-state index contributed by atoms with van der Waals surface area (Å²) in [5, 5.41) is 29.9. The van der Waals surface area contributed by atoms with E-state index in [9.17, 15) is 19.8 Å². The Hall–Kier alpha value is -2.44. The van der Waals surface area contributed by atoms with Gasteiger partial charge in [-0.05, 0) is 49.8 Å². The second-order valence-electron chi connectivity index (χ2n) is 5.44. The van der Waals surface area contributed by atoms with Crippen LogP contribution in [0.5, 0.6) is 11.5 Å². The highest BCUT2D eigenvalue weighted by Crippen LogP contribution is 2.27. The summed E-state index contributed by atoms with van der Waals surface area (Å²) in [6.45, 7) is 0.486. The zero-order valence-electron chi connectivity index (χ0n) is 12.0. The van der Waals surface area contributed by atoms with Gasteiger partial charge in [0.1, 0.15) is 6.10 Å². The molecule has 120 valence electrons. The average Bonchev–Trinajstić information content (AvgIpc) is 2.48. The number of carbonyl (C=O) groups excluding carboxylic acids is 1. The molecule has 1 aliphatic rings. The molecule has 0 aromatic heterocycles. The highest BCUT2D eigenvalue weighted by Gasteiger charge is 2.24. The van der Waals surface area contributed by atoms with Crippen LogP contribution in [0.15, 0.2) is 18.2 Å². The fourth-order valence-corrected chi connectivity index (χ4v) is 2.60. The molecule has 1 saturated carbocycles. The number of hydrogen-bond donors (Lipinski definition) is 4. The maximum absolute atomic E-state index is 12.0. The molecule has 4 N–H and O–H groups in total. The molecular formula is C15H19NO6. The molecule has 1 aromatic carbocycles. The first-order valence-electron chi connectivity index (χ1n) is 7.15.